The van der Waals surface area contributed by atoms with E-state index in [0.717, 1.165) is 30.8 Å². The number of ether oxygens (including phenoxy) is 1. The lowest BCUT2D eigenvalue weighted by Crippen LogP contribution is -2.53. The van der Waals surface area contributed by atoms with E-state index >= 15 is 0 Å². The SMILES string of the molecule is Cc1cc(C)nc(NC2CCCN(C(=O)OC(C)(C)C)C2C)n1. The van der Waals surface area contributed by atoms with E-state index in [0.29, 0.717) is 5.95 Å². The first-order chi connectivity index (χ1) is 10.7. The molecule has 23 heavy (non-hydrogen) atoms. The zero-order valence-electron chi connectivity index (χ0n) is 15.0. The molecule has 1 N–H and O–H groups in total. The number of rotatable bonds is 2. The van der Waals surface area contributed by atoms with Gasteiger partial charge in [0.1, 0.15) is 5.60 Å². The molecule has 2 heterocycles. The van der Waals surface area contributed by atoms with Gasteiger partial charge in [-0.05, 0) is 60.5 Å². The van der Waals surface area contributed by atoms with Gasteiger partial charge in [-0.1, -0.05) is 0 Å². The van der Waals surface area contributed by atoms with E-state index in [9.17, 15) is 4.79 Å². The molecule has 1 fully saturated rings. The topological polar surface area (TPSA) is 67.4 Å². The van der Waals surface area contributed by atoms with Crippen molar-refractivity contribution in [2.45, 2.75) is 72.1 Å². The Hall–Kier alpha value is -1.85. The maximum absolute atomic E-state index is 12.4. The molecule has 2 rings (SSSR count). The van der Waals surface area contributed by atoms with Crippen molar-refractivity contribution in [1.82, 2.24) is 14.9 Å². The lowest BCUT2D eigenvalue weighted by atomic mass is 9.98. The summed E-state index contributed by atoms with van der Waals surface area (Å²) >= 11 is 0. The number of hydrogen-bond donors (Lipinski definition) is 1. The third-order valence-corrected chi connectivity index (χ3v) is 3.91. The number of likely N-dealkylation sites (tertiary alicyclic amines) is 1. The molecular formula is C17H28N4O2. The summed E-state index contributed by atoms with van der Waals surface area (Å²) in [4.78, 5) is 23.0. The van der Waals surface area contributed by atoms with E-state index in [-0.39, 0.29) is 18.2 Å². The fourth-order valence-corrected chi connectivity index (χ4v) is 2.87. The van der Waals surface area contributed by atoms with Gasteiger partial charge in [-0.25, -0.2) is 14.8 Å². The molecule has 1 aromatic rings. The average molecular weight is 320 g/mol. The summed E-state index contributed by atoms with van der Waals surface area (Å²) in [5.74, 6) is 0.630. The van der Waals surface area contributed by atoms with Crippen LogP contribution in [-0.2, 0) is 4.74 Å². The molecule has 6 heteroatoms. The predicted molar refractivity (Wildman–Crippen MR) is 90.6 cm³/mol. The highest BCUT2D eigenvalue weighted by Crippen LogP contribution is 2.23. The van der Waals surface area contributed by atoms with Crippen LogP contribution in [0, 0.1) is 13.8 Å². The number of aryl methyl sites for hydroxylation is 2. The fraction of sp³-hybridized carbons (Fsp3) is 0.706. The first-order valence-electron chi connectivity index (χ1n) is 8.24. The second kappa shape index (κ2) is 6.72. The molecule has 0 aliphatic carbocycles. The van der Waals surface area contributed by atoms with Gasteiger partial charge in [-0.3, -0.25) is 0 Å². The summed E-state index contributed by atoms with van der Waals surface area (Å²) in [6.45, 7) is 12.3. The molecule has 0 spiro atoms. The molecule has 0 saturated carbocycles. The second-order valence-electron chi connectivity index (χ2n) is 7.28. The molecule has 2 unspecified atom stereocenters. The largest absolute Gasteiger partial charge is 0.444 e. The first kappa shape index (κ1) is 17.5. The lowest BCUT2D eigenvalue weighted by Gasteiger charge is -2.40. The van der Waals surface area contributed by atoms with Crippen molar-refractivity contribution in [3.05, 3.63) is 17.5 Å². The van der Waals surface area contributed by atoms with E-state index in [1.54, 1.807) is 4.90 Å². The molecule has 0 bridgehead atoms. The summed E-state index contributed by atoms with van der Waals surface area (Å²) in [5.41, 5.74) is 1.40. The number of amides is 1. The van der Waals surface area contributed by atoms with Crippen LogP contribution in [0.15, 0.2) is 6.07 Å². The van der Waals surface area contributed by atoms with E-state index in [1.807, 2.05) is 47.6 Å². The minimum Gasteiger partial charge on any atom is -0.444 e. The number of carbonyl (C=O) groups is 1. The van der Waals surface area contributed by atoms with Crippen LogP contribution in [0.25, 0.3) is 0 Å². The maximum atomic E-state index is 12.4. The number of nitrogens with zero attached hydrogens (tertiary/aromatic N) is 3. The number of anilines is 1. The van der Waals surface area contributed by atoms with Crippen molar-refractivity contribution >= 4 is 12.0 Å². The Kier molecular flexibility index (Phi) is 5.12. The molecule has 2 atom stereocenters. The van der Waals surface area contributed by atoms with Crippen LogP contribution in [0.4, 0.5) is 10.7 Å². The van der Waals surface area contributed by atoms with Gasteiger partial charge in [-0.15, -0.1) is 0 Å². The molecule has 1 saturated heterocycles. The average Bonchev–Trinajstić information content (AvgIpc) is 2.38. The summed E-state index contributed by atoms with van der Waals surface area (Å²) in [7, 11) is 0. The molecule has 1 aromatic heterocycles. The summed E-state index contributed by atoms with van der Waals surface area (Å²) in [6, 6.07) is 2.10. The number of carbonyl (C=O) groups excluding carboxylic acids is 1. The zero-order valence-corrected chi connectivity index (χ0v) is 15.0. The molecule has 0 aromatic carbocycles. The van der Waals surface area contributed by atoms with Crippen LogP contribution in [0.1, 0.15) is 51.9 Å². The Morgan fingerprint density at radius 3 is 2.48 bits per heavy atom. The number of hydrogen-bond acceptors (Lipinski definition) is 5. The van der Waals surface area contributed by atoms with Crippen molar-refractivity contribution in [1.29, 1.82) is 0 Å². The Labute approximate surface area is 138 Å². The normalized spacial score (nSPS) is 21.9. The molecule has 1 amide bonds. The summed E-state index contributed by atoms with van der Waals surface area (Å²) < 4.78 is 5.51. The van der Waals surface area contributed by atoms with Gasteiger partial charge in [-0.2, -0.15) is 0 Å². The van der Waals surface area contributed by atoms with Gasteiger partial charge in [0.2, 0.25) is 5.95 Å². The Morgan fingerprint density at radius 2 is 1.91 bits per heavy atom. The van der Waals surface area contributed by atoms with Gasteiger partial charge in [0, 0.05) is 24.0 Å². The number of piperidine rings is 1. The van der Waals surface area contributed by atoms with Gasteiger partial charge >= 0.3 is 6.09 Å². The van der Waals surface area contributed by atoms with Crippen molar-refractivity contribution in [2.75, 3.05) is 11.9 Å². The molecule has 1 aliphatic heterocycles. The molecular weight excluding hydrogens is 292 g/mol. The van der Waals surface area contributed by atoms with Crippen molar-refractivity contribution < 1.29 is 9.53 Å². The second-order valence-corrected chi connectivity index (χ2v) is 7.28. The highest BCUT2D eigenvalue weighted by Gasteiger charge is 2.34. The monoisotopic (exact) mass is 320 g/mol. The Balaban J connectivity index is 2.07. The van der Waals surface area contributed by atoms with Gasteiger partial charge in [0.05, 0.1) is 6.04 Å². The third-order valence-electron chi connectivity index (χ3n) is 3.91. The highest BCUT2D eigenvalue weighted by atomic mass is 16.6. The standard InChI is InChI=1S/C17H28N4O2/c1-11-10-12(2)19-15(18-11)20-14-8-7-9-21(13(14)3)16(22)23-17(4,5)6/h10,13-14H,7-9H2,1-6H3,(H,18,19,20). The van der Waals surface area contributed by atoms with Crippen LogP contribution in [-0.4, -0.2) is 45.2 Å². The van der Waals surface area contributed by atoms with Crippen LogP contribution < -0.4 is 5.32 Å². The zero-order chi connectivity index (χ0) is 17.2. The van der Waals surface area contributed by atoms with E-state index in [2.05, 4.69) is 15.3 Å². The Bertz CT molecular complexity index is 548. The smallest absolute Gasteiger partial charge is 0.410 e. The van der Waals surface area contributed by atoms with Crippen LogP contribution in [0.5, 0.6) is 0 Å². The number of nitrogens with one attached hydrogen (secondary N) is 1. The van der Waals surface area contributed by atoms with Gasteiger partial charge in [0.15, 0.2) is 0 Å². The van der Waals surface area contributed by atoms with Gasteiger partial charge < -0.3 is 15.0 Å². The maximum Gasteiger partial charge on any atom is 0.410 e. The first-order valence-corrected chi connectivity index (χ1v) is 8.24. The summed E-state index contributed by atoms with van der Waals surface area (Å²) in [6.07, 6.45) is 1.67. The van der Waals surface area contributed by atoms with Crippen molar-refractivity contribution in [3.63, 3.8) is 0 Å². The van der Waals surface area contributed by atoms with Gasteiger partial charge in [0.25, 0.3) is 0 Å². The van der Waals surface area contributed by atoms with Crippen LogP contribution >= 0.6 is 0 Å². The van der Waals surface area contributed by atoms with E-state index in [1.165, 1.54) is 0 Å². The molecule has 0 radical (unpaired) electrons. The Morgan fingerprint density at radius 1 is 1.30 bits per heavy atom. The third kappa shape index (κ3) is 4.81. The quantitative estimate of drug-likeness (QED) is 0.905. The minimum absolute atomic E-state index is 0.0306. The molecule has 6 nitrogen and oxygen atoms in total. The number of aromatic nitrogens is 2. The van der Waals surface area contributed by atoms with E-state index < -0.39 is 5.60 Å². The van der Waals surface area contributed by atoms with E-state index in [4.69, 9.17) is 4.74 Å². The fourth-order valence-electron chi connectivity index (χ4n) is 2.87. The van der Waals surface area contributed by atoms with Crippen molar-refractivity contribution in [3.8, 4) is 0 Å². The van der Waals surface area contributed by atoms with Crippen molar-refractivity contribution in [2.24, 2.45) is 0 Å². The molecule has 128 valence electrons. The lowest BCUT2D eigenvalue weighted by molar-refractivity contribution is 0.0103. The predicted octanol–water partition coefficient (Wildman–Crippen LogP) is 3.29. The highest BCUT2D eigenvalue weighted by molar-refractivity contribution is 5.69. The minimum atomic E-state index is -0.478. The summed E-state index contributed by atoms with van der Waals surface area (Å²) in [5, 5.41) is 3.39. The van der Waals surface area contributed by atoms with Crippen LogP contribution in [0.3, 0.4) is 0 Å². The van der Waals surface area contributed by atoms with Crippen LogP contribution in [0.2, 0.25) is 0 Å². The molecule has 1 aliphatic rings.